The number of ether oxygens (including phenoxy) is 1. The highest BCUT2D eigenvalue weighted by Gasteiger charge is 2.43. The average Bonchev–Trinajstić information content (AvgIpc) is 3.44. The lowest BCUT2D eigenvalue weighted by atomic mass is 10.1. The van der Waals surface area contributed by atoms with Gasteiger partial charge in [-0.15, -0.1) is 5.10 Å². The van der Waals surface area contributed by atoms with E-state index >= 15 is 0 Å². The Labute approximate surface area is 170 Å². The molecule has 2 aliphatic heterocycles. The Morgan fingerprint density at radius 3 is 2.55 bits per heavy atom. The fraction of sp³-hybridized carbons (Fsp3) is 0.364. The van der Waals surface area contributed by atoms with E-state index in [4.69, 9.17) is 9.73 Å². The minimum absolute atomic E-state index is 0.0472. The van der Waals surface area contributed by atoms with Crippen molar-refractivity contribution in [3.63, 3.8) is 0 Å². The van der Waals surface area contributed by atoms with Gasteiger partial charge >= 0.3 is 0 Å². The number of hydrogen-bond acceptors (Lipinski definition) is 6. The quantitative estimate of drug-likeness (QED) is 0.650. The van der Waals surface area contributed by atoms with Crippen molar-refractivity contribution >= 4 is 5.84 Å². The fourth-order valence-corrected chi connectivity index (χ4v) is 4.25. The van der Waals surface area contributed by atoms with Gasteiger partial charge in [-0.1, -0.05) is 60.7 Å². The number of hydrogen-bond donors (Lipinski definition) is 0. The van der Waals surface area contributed by atoms with Crippen LogP contribution in [0.4, 0.5) is 0 Å². The lowest BCUT2D eigenvalue weighted by Gasteiger charge is -2.37. The van der Waals surface area contributed by atoms with Crippen LogP contribution in [-0.4, -0.2) is 50.1 Å². The Morgan fingerprint density at radius 2 is 1.76 bits per heavy atom. The van der Waals surface area contributed by atoms with E-state index in [1.165, 1.54) is 11.1 Å². The van der Waals surface area contributed by atoms with Gasteiger partial charge in [-0.25, -0.2) is 0 Å². The predicted octanol–water partition coefficient (Wildman–Crippen LogP) is 2.86. The number of fused-ring (bicyclic) bond motifs is 3. The zero-order valence-corrected chi connectivity index (χ0v) is 16.3. The summed E-state index contributed by atoms with van der Waals surface area (Å²) in [7, 11) is 0. The molecule has 2 aromatic carbocycles. The van der Waals surface area contributed by atoms with Gasteiger partial charge in [0, 0.05) is 0 Å². The first-order valence-corrected chi connectivity index (χ1v) is 10.1. The second-order valence-corrected chi connectivity index (χ2v) is 7.52. The van der Waals surface area contributed by atoms with Gasteiger partial charge in [-0.2, -0.15) is 4.68 Å². The average molecular weight is 388 g/mol. The predicted molar refractivity (Wildman–Crippen MR) is 109 cm³/mol. The van der Waals surface area contributed by atoms with Crippen molar-refractivity contribution < 1.29 is 4.74 Å². The molecule has 3 aromatic rings. The van der Waals surface area contributed by atoms with Crippen LogP contribution in [0.5, 0.6) is 0 Å². The molecular formula is C22H24N6O. The van der Waals surface area contributed by atoms with Crippen molar-refractivity contribution in [3.05, 3.63) is 77.6 Å². The van der Waals surface area contributed by atoms with Gasteiger partial charge in [0.25, 0.3) is 0 Å². The molecule has 7 heteroatoms. The summed E-state index contributed by atoms with van der Waals surface area (Å²) < 4.78 is 7.98. The summed E-state index contributed by atoms with van der Waals surface area (Å²) in [6.07, 6.45) is 2.21. The Balaban J connectivity index is 1.41. The van der Waals surface area contributed by atoms with Crippen molar-refractivity contribution in [2.24, 2.45) is 4.99 Å². The van der Waals surface area contributed by atoms with Crippen molar-refractivity contribution in [2.45, 2.75) is 38.1 Å². The number of benzene rings is 2. The number of aromatic nitrogens is 4. The van der Waals surface area contributed by atoms with Crippen LogP contribution in [0.3, 0.4) is 0 Å². The third-order valence-corrected chi connectivity index (χ3v) is 5.65. The smallest absolute Gasteiger partial charge is 0.175 e. The second-order valence-electron chi connectivity index (χ2n) is 7.52. The molecule has 0 aliphatic carbocycles. The summed E-state index contributed by atoms with van der Waals surface area (Å²) in [6, 6.07) is 20.8. The van der Waals surface area contributed by atoms with Gasteiger partial charge in [0.15, 0.2) is 5.82 Å². The first kappa shape index (κ1) is 18.1. The van der Waals surface area contributed by atoms with E-state index < -0.39 is 0 Å². The maximum atomic E-state index is 6.14. The minimum Gasteiger partial charge on any atom is -0.375 e. The lowest BCUT2D eigenvalue weighted by molar-refractivity contribution is 0.0612. The van der Waals surface area contributed by atoms with Crippen LogP contribution in [-0.2, 0) is 17.9 Å². The van der Waals surface area contributed by atoms with Crippen LogP contribution in [0, 0.1) is 0 Å². The van der Waals surface area contributed by atoms with E-state index in [0.29, 0.717) is 19.8 Å². The second kappa shape index (κ2) is 8.23. The normalized spacial score (nSPS) is 22.6. The zero-order chi connectivity index (χ0) is 19.5. The van der Waals surface area contributed by atoms with Gasteiger partial charge in [0.05, 0.1) is 31.8 Å². The van der Waals surface area contributed by atoms with E-state index in [0.717, 1.165) is 31.0 Å². The van der Waals surface area contributed by atoms with Gasteiger partial charge in [0.1, 0.15) is 5.84 Å². The lowest BCUT2D eigenvalue weighted by Crippen LogP contribution is -2.51. The standard InChI is InChI=1S/C22H24N6O/c1-3-8-17(9-4-1)14-23-21-20(16-29-15-18-10-5-2-6-11-18)27-13-7-12-19(27)22-24-25-26-28(21)22/h1-6,8-11,19-20H,7,12-16H2/t19-,20?/m0/s1. The molecule has 3 heterocycles. The summed E-state index contributed by atoms with van der Waals surface area (Å²) in [5.74, 6) is 1.77. The van der Waals surface area contributed by atoms with Crippen LogP contribution in [0.25, 0.3) is 0 Å². The molecule has 5 rings (SSSR count). The van der Waals surface area contributed by atoms with Gasteiger partial charge < -0.3 is 4.74 Å². The van der Waals surface area contributed by atoms with Crippen LogP contribution >= 0.6 is 0 Å². The molecule has 1 fully saturated rings. The fourth-order valence-electron chi connectivity index (χ4n) is 4.25. The monoisotopic (exact) mass is 388 g/mol. The molecule has 1 unspecified atom stereocenters. The molecular weight excluding hydrogens is 364 g/mol. The third-order valence-electron chi connectivity index (χ3n) is 5.65. The van der Waals surface area contributed by atoms with Crippen LogP contribution in [0.1, 0.15) is 35.8 Å². The summed E-state index contributed by atoms with van der Waals surface area (Å²) in [6.45, 7) is 2.77. The molecule has 2 aliphatic rings. The molecule has 148 valence electrons. The van der Waals surface area contributed by atoms with Gasteiger partial charge in [-0.05, 0) is 40.9 Å². The van der Waals surface area contributed by atoms with Gasteiger partial charge in [-0.3, -0.25) is 9.89 Å². The number of rotatable bonds is 6. The number of aliphatic imine (C=N–C) groups is 1. The highest BCUT2D eigenvalue weighted by atomic mass is 16.5. The van der Waals surface area contributed by atoms with E-state index in [-0.39, 0.29) is 12.1 Å². The Kier molecular flexibility index (Phi) is 5.15. The van der Waals surface area contributed by atoms with Crippen LogP contribution < -0.4 is 0 Å². The number of nitrogens with zero attached hydrogens (tertiary/aromatic N) is 6. The van der Waals surface area contributed by atoms with Crippen molar-refractivity contribution in [3.8, 4) is 0 Å². The highest BCUT2D eigenvalue weighted by molar-refractivity contribution is 5.90. The first-order valence-electron chi connectivity index (χ1n) is 10.1. The molecule has 0 amide bonds. The topological polar surface area (TPSA) is 68.4 Å². The van der Waals surface area contributed by atoms with Crippen LogP contribution in [0.15, 0.2) is 65.7 Å². The van der Waals surface area contributed by atoms with E-state index in [1.807, 2.05) is 41.1 Å². The number of tetrazole rings is 1. The van der Waals surface area contributed by atoms with E-state index in [1.54, 1.807) is 0 Å². The molecule has 0 N–H and O–H groups in total. The molecule has 1 aromatic heterocycles. The molecule has 0 radical (unpaired) electrons. The molecule has 7 nitrogen and oxygen atoms in total. The van der Waals surface area contributed by atoms with Crippen molar-refractivity contribution in [2.75, 3.05) is 13.2 Å². The highest BCUT2D eigenvalue weighted by Crippen LogP contribution is 2.36. The molecule has 0 spiro atoms. The van der Waals surface area contributed by atoms with Gasteiger partial charge in [0.2, 0.25) is 0 Å². The Hall–Kier alpha value is -2.90. The van der Waals surface area contributed by atoms with E-state index in [2.05, 4.69) is 44.7 Å². The van der Waals surface area contributed by atoms with Crippen molar-refractivity contribution in [1.29, 1.82) is 0 Å². The maximum Gasteiger partial charge on any atom is 0.175 e. The largest absolute Gasteiger partial charge is 0.375 e. The molecule has 0 saturated carbocycles. The maximum absolute atomic E-state index is 6.14. The summed E-state index contributed by atoms with van der Waals surface area (Å²) >= 11 is 0. The summed E-state index contributed by atoms with van der Waals surface area (Å²) in [5, 5.41) is 12.5. The Bertz CT molecular complexity index is 971. The van der Waals surface area contributed by atoms with Crippen molar-refractivity contribution in [1.82, 2.24) is 25.1 Å². The SMILES string of the molecule is c1ccc(CN=C2C(COCc3ccccc3)N3CCC[C@H]3c3nnnn32)cc1. The Morgan fingerprint density at radius 1 is 1.00 bits per heavy atom. The third kappa shape index (κ3) is 3.71. The zero-order valence-electron chi connectivity index (χ0n) is 16.3. The molecule has 0 bridgehead atoms. The molecule has 2 atom stereocenters. The van der Waals surface area contributed by atoms with Crippen LogP contribution in [0.2, 0.25) is 0 Å². The minimum atomic E-state index is 0.0472. The molecule has 29 heavy (non-hydrogen) atoms. The summed E-state index contributed by atoms with van der Waals surface area (Å²) in [4.78, 5) is 7.41. The summed E-state index contributed by atoms with van der Waals surface area (Å²) in [5.41, 5.74) is 2.34. The first-order chi connectivity index (χ1) is 14.4. The van der Waals surface area contributed by atoms with E-state index in [9.17, 15) is 0 Å². The molecule has 1 saturated heterocycles.